The Kier molecular flexibility index (Phi) is 8.58. The number of rotatable bonds is 9. The van der Waals surface area contributed by atoms with Gasteiger partial charge in [0.25, 0.3) is 11.8 Å². The highest BCUT2D eigenvalue weighted by Gasteiger charge is 2.26. The average Bonchev–Trinajstić information content (AvgIpc) is 2.82. The number of likely N-dealkylation sites (N-methyl/N-ethyl adjacent to an activating group) is 1. The molecule has 8 nitrogen and oxygen atoms in total. The van der Waals surface area contributed by atoms with Crippen LogP contribution < -0.4 is 15.5 Å². The van der Waals surface area contributed by atoms with Crippen molar-refractivity contribution in [2.45, 2.75) is 40.7 Å². The van der Waals surface area contributed by atoms with E-state index in [4.69, 9.17) is 4.74 Å². The van der Waals surface area contributed by atoms with E-state index in [1.165, 1.54) is 6.92 Å². The molecule has 0 aromatic carbocycles. The van der Waals surface area contributed by atoms with E-state index in [1.807, 2.05) is 13.8 Å². The molecule has 1 atom stereocenters. The van der Waals surface area contributed by atoms with E-state index < -0.39 is 5.97 Å². The third kappa shape index (κ3) is 6.76. The van der Waals surface area contributed by atoms with E-state index >= 15 is 0 Å². The zero-order chi connectivity index (χ0) is 20.7. The third-order valence-electron chi connectivity index (χ3n) is 3.57. The van der Waals surface area contributed by atoms with Crippen molar-refractivity contribution >= 4 is 39.9 Å². The minimum absolute atomic E-state index is 0.0327. The molecular formula is C18H28N3O5S+. The number of anilines is 1. The average molecular weight is 399 g/mol. The van der Waals surface area contributed by atoms with Crippen molar-refractivity contribution in [3.05, 3.63) is 16.0 Å². The number of carbonyl (C=O) groups excluding carboxylic acids is 4. The Morgan fingerprint density at radius 1 is 1.15 bits per heavy atom. The fourth-order valence-corrected chi connectivity index (χ4v) is 3.65. The molecule has 3 N–H and O–H groups in total. The number of ketones is 1. The highest BCUT2D eigenvalue weighted by molar-refractivity contribution is 7.18. The van der Waals surface area contributed by atoms with E-state index in [2.05, 4.69) is 10.6 Å². The highest BCUT2D eigenvalue weighted by atomic mass is 32.1. The summed E-state index contributed by atoms with van der Waals surface area (Å²) in [6, 6.07) is 0.0327. The van der Waals surface area contributed by atoms with Crippen LogP contribution in [-0.4, -0.2) is 56.4 Å². The lowest BCUT2D eigenvalue weighted by molar-refractivity contribution is -0.862. The number of hydrogen-bond acceptors (Lipinski definition) is 6. The first-order chi connectivity index (χ1) is 12.6. The van der Waals surface area contributed by atoms with E-state index in [1.54, 1.807) is 20.9 Å². The van der Waals surface area contributed by atoms with E-state index in [9.17, 15) is 19.2 Å². The van der Waals surface area contributed by atoms with Crippen molar-refractivity contribution in [1.29, 1.82) is 0 Å². The zero-order valence-corrected chi connectivity index (χ0v) is 17.5. The maximum atomic E-state index is 12.4. The molecule has 9 heteroatoms. The summed E-state index contributed by atoms with van der Waals surface area (Å²) in [5.74, 6) is -1.26. The van der Waals surface area contributed by atoms with Gasteiger partial charge >= 0.3 is 5.97 Å². The molecule has 0 fully saturated rings. The van der Waals surface area contributed by atoms with Gasteiger partial charge in [-0.05, 0) is 40.2 Å². The Hall–Kier alpha value is -2.26. The molecule has 1 aromatic rings. The van der Waals surface area contributed by atoms with Gasteiger partial charge in [-0.2, -0.15) is 0 Å². The van der Waals surface area contributed by atoms with Gasteiger partial charge in [-0.1, -0.05) is 0 Å². The van der Waals surface area contributed by atoms with Gasteiger partial charge in [0.1, 0.15) is 5.00 Å². The Morgan fingerprint density at radius 3 is 2.26 bits per heavy atom. The minimum Gasteiger partial charge on any atom is -0.462 e. The summed E-state index contributed by atoms with van der Waals surface area (Å²) < 4.78 is 5.04. The number of ether oxygens (including phenoxy) is 1. The van der Waals surface area contributed by atoms with Crippen LogP contribution in [0.2, 0.25) is 0 Å². The summed E-state index contributed by atoms with van der Waals surface area (Å²) >= 11 is 1.06. The van der Waals surface area contributed by atoms with Crippen molar-refractivity contribution in [1.82, 2.24) is 5.32 Å². The van der Waals surface area contributed by atoms with Gasteiger partial charge < -0.3 is 20.3 Å². The van der Waals surface area contributed by atoms with Gasteiger partial charge in [0.05, 0.1) is 24.1 Å². The number of Topliss-reactive ketones (excluding diaryl/α,β-unsaturated/α-hetero) is 1. The van der Waals surface area contributed by atoms with Crippen LogP contribution in [0, 0.1) is 6.92 Å². The number of nitrogens with one attached hydrogen (secondary N) is 3. The molecule has 1 unspecified atom stereocenters. The van der Waals surface area contributed by atoms with Gasteiger partial charge in [0.2, 0.25) is 0 Å². The number of thiophene rings is 1. The lowest BCUT2D eigenvalue weighted by Crippen LogP contribution is -3.11. The molecule has 1 rings (SSSR count). The largest absolute Gasteiger partial charge is 0.462 e. The monoisotopic (exact) mass is 398 g/mol. The van der Waals surface area contributed by atoms with Crippen molar-refractivity contribution in [3.8, 4) is 0 Å². The van der Waals surface area contributed by atoms with Crippen LogP contribution in [-0.2, 0) is 14.3 Å². The van der Waals surface area contributed by atoms with Crippen LogP contribution in [0.3, 0.4) is 0 Å². The summed E-state index contributed by atoms with van der Waals surface area (Å²) in [4.78, 5) is 49.3. The molecule has 0 aliphatic carbocycles. The molecule has 0 aliphatic heterocycles. The maximum Gasteiger partial charge on any atom is 0.341 e. The molecule has 0 radical (unpaired) electrons. The Morgan fingerprint density at radius 2 is 1.74 bits per heavy atom. The summed E-state index contributed by atoms with van der Waals surface area (Å²) in [6.45, 7) is 8.86. The summed E-state index contributed by atoms with van der Waals surface area (Å²) in [7, 11) is 1.73. The molecule has 0 saturated carbocycles. The smallest absolute Gasteiger partial charge is 0.341 e. The number of hydrogen-bond donors (Lipinski definition) is 3. The molecule has 0 aliphatic rings. The molecule has 0 bridgehead atoms. The molecule has 1 aromatic heterocycles. The maximum absolute atomic E-state index is 12.4. The van der Waals surface area contributed by atoms with E-state index in [0.717, 1.165) is 11.3 Å². The summed E-state index contributed by atoms with van der Waals surface area (Å²) in [5.41, 5.74) is 0.703. The number of amides is 2. The first kappa shape index (κ1) is 22.8. The fraction of sp³-hybridized carbons (Fsp3) is 0.556. The van der Waals surface area contributed by atoms with Crippen LogP contribution in [0.15, 0.2) is 0 Å². The predicted octanol–water partition coefficient (Wildman–Crippen LogP) is 0.414. The lowest BCUT2D eigenvalue weighted by Gasteiger charge is -2.15. The van der Waals surface area contributed by atoms with Crippen LogP contribution >= 0.6 is 11.3 Å². The van der Waals surface area contributed by atoms with Crippen LogP contribution in [0.4, 0.5) is 5.00 Å². The van der Waals surface area contributed by atoms with E-state index in [-0.39, 0.29) is 48.9 Å². The molecule has 27 heavy (non-hydrogen) atoms. The van der Waals surface area contributed by atoms with Crippen molar-refractivity contribution in [2.24, 2.45) is 0 Å². The minimum atomic E-state index is -0.578. The number of quaternary nitrogens is 1. The van der Waals surface area contributed by atoms with Crippen LogP contribution in [0.25, 0.3) is 0 Å². The highest BCUT2D eigenvalue weighted by Crippen LogP contribution is 2.33. The Balaban J connectivity index is 2.89. The van der Waals surface area contributed by atoms with Crippen molar-refractivity contribution in [2.75, 3.05) is 32.1 Å². The second-order valence-corrected chi connectivity index (χ2v) is 7.64. The standard InChI is InChI=1S/C18H27N3O5S/c1-7-26-18(25)15-11(4)16(12(5)22)27-17(15)20-14(24)9-21(6)8-13(23)19-10(2)3/h10H,7-9H2,1-6H3,(H,19,23)(H,20,24)/p+1. The Bertz CT molecular complexity index is 727. The summed E-state index contributed by atoms with van der Waals surface area (Å²) in [5, 5.41) is 5.75. The molecule has 150 valence electrons. The SMILES string of the molecule is CCOC(=O)c1c(NC(=O)C[NH+](C)CC(=O)NC(C)C)sc(C(C)=O)c1C. The molecule has 0 saturated heterocycles. The van der Waals surface area contributed by atoms with Gasteiger partial charge in [-0.3, -0.25) is 14.4 Å². The first-order valence-corrected chi connectivity index (χ1v) is 9.60. The molecule has 1 heterocycles. The quantitative estimate of drug-likeness (QED) is 0.413. The van der Waals surface area contributed by atoms with Crippen LogP contribution in [0.5, 0.6) is 0 Å². The number of carbonyl (C=O) groups is 4. The van der Waals surface area contributed by atoms with Gasteiger partial charge in [-0.15, -0.1) is 11.3 Å². The third-order valence-corrected chi connectivity index (χ3v) is 4.88. The molecule has 2 amide bonds. The lowest BCUT2D eigenvalue weighted by atomic mass is 10.1. The van der Waals surface area contributed by atoms with Gasteiger partial charge in [0.15, 0.2) is 18.9 Å². The van der Waals surface area contributed by atoms with Crippen molar-refractivity contribution in [3.63, 3.8) is 0 Å². The topological polar surface area (TPSA) is 106 Å². The summed E-state index contributed by atoms with van der Waals surface area (Å²) in [6.07, 6.45) is 0. The zero-order valence-electron chi connectivity index (χ0n) is 16.6. The second kappa shape index (κ2) is 10.2. The predicted molar refractivity (Wildman–Crippen MR) is 104 cm³/mol. The second-order valence-electron chi connectivity index (χ2n) is 6.62. The van der Waals surface area contributed by atoms with Gasteiger partial charge in [-0.25, -0.2) is 4.79 Å². The Labute approximate surface area is 163 Å². The fourth-order valence-electron chi connectivity index (χ4n) is 2.54. The van der Waals surface area contributed by atoms with Crippen molar-refractivity contribution < 1.29 is 28.8 Å². The van der Waals surface area contributed by atoms with Crippen LogP contribution in [0.1, 0.15) is 53.3 Å². The normalized spacial score (nSPS) is 11.8. The number of esters is 1. The first-order valence-electron chi connectivity index (χ1n) is 8.78. The molecule has 0 spiro atoms. The molecular weight excluding hydrogens is 370 g/mol. The van der Waals surface area contributed by atoms with E-state index in [0.29, 0.717) is 20.3 Å². The van der Waals surface area contributed by atoms with Gasteiger partial charge in [0, 0.05) is 6.04 Å².